The van der Waals surface area contributed by atoms with Crippen LogP contribution in [0.3, 0.4) is 0 Å². The van der Waals surface area contributed by atoms with Gasteiger partial charge in [-0.2, -0.15) is 5.26 Å². The number of carbonyl (C=O) groups excluding carboxylic acids is 1. The summed E-state index contributed by atoms with van der Waals surface area (Å²) in [5.74, 6) is 0.0121. The van der Waals surface area contributed by atoms with Gasteiger partial charge in [0.25, 0.3) is 5.91 Å². The molecule has 1 amide bonds. The highest BCUT2D eigenvalue weighted by Crippen LogP contribution is 2.08. The summed E-state index contributed by atoms with van der Waals surface area (Å²) in [5.41, 5.74) is 1.13. The van der Waals surface area contributed by atoms with Crippen LogP contribution in [0.1, 0.15) is 42.6 Å². The summed E-state index contributed by atoms with van der Waals surface area (Å²) in [6.45, 7) is 5.56. The minimum absolute atomic E-state index is 0.0121. The van der Waals surface area contributed by atoms with Gasteiger partial charge in [-0.3, -0.25) is 4.79 Å². The fourth-order valence-electron chi connectivity index (χ4n) is 1.66. The second-order valence-corrected chi connectivity index (χ2v) is 3.93. The van der Waals surface area contributed by atoms with Crippen LogP contribution >= 0.6 is 0 Å². The van der Waals surface area contributed by atoms with Crippen LogP contribution in [0.2, 0.25) is 0 Å². The van der Waals surface area contributed by atoms with Crippen LogP contribution in [0.5, 0.6) is 0 Å². The molecule has 90 valence electrons. The highest BCUT2D eigenvalue weighted by atomic mass is 16.2. The lowest BCUT2D eigenvalue weighted by molar-refractivity contribution is 0.0762. The van der Waals surface area contributed by atoms with Crippen molar-refractivity contribution in [3.05, 3.63) is 35.4 Å². The maximum Gasteiger partial charge on any atom is 0.253 e. The van der Waals surface area contributed by atoms with Crippen molar-refractivity contribution >= 4 is 5.91 Å². The predicted molar refractivity (Wildman–Crippen MR) is 67.6 cm³/mol. The van der Waals surface area contributed by atoms with E-state index in [4.69, 9.17) is 5.26 Å². The molecule has 0 heterocycles. The number of rotatable bonds is 5. The first-order valence-electron chi connectivity index (χ1n) is 6.02. The van der Waals surface area contributed by atoms with Crippen molar-refractivity contribution in [1.82, 2.24) is 4.90 Å². The van der Waals surface area contributed by atoms with Crippen LogP contribution in [0.15, 0.2) is 24.3 Å². The van der Waals surface area contributed by atoms with Gasteiger partial charge in [-0.1, -0.05) is 19.4 Å². The first-order chi connectivity index (χ1) is 8.22. The highest BCUT2D eigenvalue weighted by Gasteiger charge is 2.13. The third-order valence-electron chi connectivity index (χ3n) is 2.69. The maximum atomic E-state index is 12.2. The van der Waals surface area contributed by atoms with Gasteiger partial charge in [0.05, 0.1) is 11.6 Å². The molecule has 1 aromatic carbocycles. The average Bonchev–Trinajstić information content (AvgIpc) is 2.39. The molecule has 0 fully saturated rings. The molecule has 1 rings (SSSR count). The lowest BCUT2D eigenvalue weighted by Gasteiger charge is -2.20. The Kier molecular flexibility index (Phi) is 5.22. The molecule has 0 aliphatic rings. The Balaban J connectivity index is 2.82. The van der Waals surface area contributed by atoms with Crippen LogP contribution < -0.4 is 0 Å². The Morgan fingerprint density at radius 1 is 1.41 bits per heavy atom. The van der Waals surface area contributed by atoms with E-state index in [-0.39, 0.29) is 5.91 Å². The van der Waals surface area contributed by atoms with Gasteiger partial charge in [-0.15, -0.1) is 0 Å². The normalized spacial score (nSPS) is 9.71. The Bertz CT molecular complexity index is 420. The fraction of sp³-hybridized carbons (Fsp3) is 0.429. The largest absolute Gasteiger partial charge is 0.339 e. The van der Waals surface area contributed by atoms with E-state index in [0.29, 0.717) is 17.7 Å². The number of amides is 1. The molecule has 0 spiro atoms. The number of hydrogen-bond donors (Lipinski definition) is 0. The molecule has 0 bridgehead atoms. The van der Waals surface area contributed by atoms with Crippen molar-refractivity contribution in [1.29, 1.82) is 5.26 Å². The number of unbranched alkanes of at least 4 members (excludes halogenated alkanes) is 1. The minimum Gasteiger partial charge on any atom is -0.339 e. The molecule has 0 aliphatic heterocycles. The van der Waals surface area contributed by atoms with Crippen molar-refractivity contribution in [2.24, 2.45) is 0 Å². The molecule has 0 radical (unpaired) electrons. The number of carbonyl (C=O) groups is 1. The molecular formula is C14H18N2O. The van der Waals surface area contributed by atoms with Gasteiger partial charge in [-0.05, 0) is 31.5 Å². The SMILES string of the molecule is CCCCN(CC)C(=O)c1cccc(C#N)c1. The van der Waals surface area contributed by atoms with E-state index in [2.05, 4.69) is 13.0 Å². The van der Waals surface area contributed by atoms with Gasteiger partial charge in [0.1, 0.15) is 0 Å². The lowest BCUT2D eigenvalue weighted by Crippen LogP contribution is -2.31. The smallest absolute Gasteiger partial charge is 0.253 e. The molecule has 17 heavy (non-hydrogen) atoms. The molecule has 3 heteroatoms. The molecule has 0 aromatic heterocycles. The zero-order valence-corrected chi connectivity index (χ0v) is 10.4. The van der Waals surface area contributed by atoms with Crippen molar-refractivity contribution in [2.75, 3.05) is 13.1 Å². The molecule has 0 N–H and O–H groups in total. The van der Waals surface area contributed by atoms with Gasteiger partial charge in [0, 0.05) is 18.7 Å². The summed E-state index contributed by atoms with van der Waals surface area (Å²) >= 11 is 0. The average molecular weight is 230 g/mol. The Morgan fingerprint density at radius 2 is 2.18 bits per heavy atom. The summed E-state index contributed by atoms with van der Waals surface area (Å²) in [7, 11) is 0. The zero-order valence-electron chi connectivity index (χ0n) is 10.4. The number of nitrogens with zero attached hydrogens (tertiary/aromatic N) is 2. The molecule has 3 nitrogen and oxygen atoms in total. The third-order valence-corrected chi connectivity index (χ3v) is 2.69. The Morgan fingerprint density at radius 3 is 2.76 bits per heavy atom. The summed E-state index contributed by atoms with van der Waals surface area (Å²) < 4.78 is 0. The van der Waals surface area contributed by atoms with Gasteiger partial charge in [0.15, 0.2) is 0 Å². The Hall–Kier alpha value is -1.82. The molecule has 1 aromatic rings. The van der Waals surface area contributed by atoms with E-state index in [1.165, 1.54) is 0 Å². The Labute approximate surface area is 103 Å². The molecule has 0 unspecified atom stereocenters. The summed E-state index contributed by atoms with van der Waals surface area (Å²) in [5, 5.41) is 8.81. The third kappa shape index (κ3) is 3.60. The first kappa shape index (κ1) is 13.2. The molecule has 0 saturated carbocycles. The van der Waals surface area contributed by atoms with E-state index >= 15 is 0 Å². The van der Waals surface area contributed by atoms with E-state index in [0.717, 1.165) is 19.4 Å². The lowest BCUT2D eigenvalue weighted by atomic mass is 10.1. The van der Waals surface area contributed by atoms with Gasteiger partial charge >= 0.3 is 0 Å². The van der Waals surface area contributed by atoms with Gasteiger partial charge in [0.2, 0.25) is 0 Å². The maximum absolute atomic E-state index is 12.2. The van der Waals surface area contributed by atoms with E-state index in [1.54, 1.807) is 24.3 Å². The van der Waals surface area contributed by atoms with E-state index in [9.17, 15) is 4.79 Å². The molecular weight excluding hydrogens is 212 g/mol. The summed E-state index contributed by atoms with van der Waals surface area (Å²) in [6, 6.07) is 8.92. The number of nitriles is 1. The quantitative estimate of drug-likeness (QED) is 0.780. The summed E-state index contributed by atoms with van der Waals surface area (Å²) in [4.78, 5) is 14.0. The van der Waals surface area contributed by atoms with Crippen molar-refractivity contribution in [2.45, 2.75) is 26.7 Å². The van der Waals surface area contributed by atoms with E-state index in [1.807, 2.05) is 11.8 Å². The highest BCUT2D eigenvalue weighted by molar-refractivity contribution is 5.94. The second-order valence-electron chi connectivity index (χ2n) is 3.93. The van der Waals surface area contributed by atoms with Crippen LogP contribution in [-0.2, 0) is 0 Å². The van der Waals surface area contributed by atoms with Crippen LogP contribution in [0.25, 0.3) is 0 Å². The predicted octanol–water partition coefficient (Wildman–Crippen LogP) is 2.82. The monoisotopic (exact) mass is 230 g/mol. The van der Waals surface area contributed by atoms with Crippen molar-refractivity contribution in [3.8, 4) is 6.07 Å². The van der Waals surface area contributed by atoms with E-state index < -0.39 is 0 Å². The van der Waals surface area contributed by atoms with Crippen LogP contribution in [0.4, 0.5) is 0 Å². The van der Waals surface area contributed by atoms with Crippen molar-refractivity contribution < 1.29 is 4.79 Å². The standard InChI is InChI=1S/C14H18N2O/c1-3-5-9-16(4-2)14(17)13-8-6-7-12(10-13)11-15/h6-8,10H,3-5,9H2,1-2H3. The number of hydrogen-bond acceptors (Lipinski definition) is 2. The van der Waals surface area contributed by atoms with Gasteiger partial charge in [-0.25, -0.2) is 0 Å². The molecule has 0 saturated heterocycles. The number of benzene rings is 1. The zero-order chi connectivity index (χ0) is 12.7. The minimum atomic E-state index is 0.0121. The molecule has 0 atom stereocenters. The topological polar surface area (TPSA) is 44.1 Å². The van der Waals surface area contributed by atoms with Crippen molar-refractivity contribution in [3.63, 3.8) is 0 Å². The second kappa shape index (κ2) is 6.70. The summed E-state index contributed by atoms with van der Waals surface area (Å²) in [6.07, 6.45) is 2.08. The van der Waals surface area contributed by atoms with Crippen LogP contribution in [0, 0.1) is 11.3 Å². The van der Waals surface area contributed by atoms with Gasteiger partial charge < -0.3 is 4.90 Å². The first-order valence-corrected chi connectivity index (χ1v) is 6.02. The van der Waals surface area contributed by atoms with Crippen LogP contribution in [-0.4, -0.2) is 23.9 Å². The molecule has 0 aliphatic carbocycles. The fourth-order valence-corrected chi connectivity index (χ4v) is 1.66.